The first-order chi connectivity index (χ1) is 8.40. The first-order valence-electron chi connectivity index (χ1n) is 5.06. The molecule has 0 radical (unpaired) electrons. The molecule has 1 aromatic heterocycles. The lowest BCUT2D eigenvalue weighted by atomic mass is 10.2. The minimum Gasteiger partial charge on any atom is -0.370 e. The number of amides is 2. The maximum atomic E-state index is 10.6. The SMILES string of the molecule is CCCC(N)=O.NC(=O)c1ccncc1[N+](=O)[O-]. The van der Waals surface area contributed by atoms with Crippen molar-refractivity contribution in [3.63, 3.8) is 0 Å². The minimum absolute atomic E-state index is 0.130. The largest absolute Gasteiger partial charge is 0.370 e. The van der Waals surface area contributed by atoms with Gasteiger partial charge in [-0.1, -0.05) is 6.92 Å². The van der Waals surface area contributed by atoms with Crippen molar-refractivity contribution in [1.29, 1.82) is 0 Å². The Hall–Kier alpha value is -2.51. The van der Waals surface area contributed by atoms with Crippen LogP contribution in [-0.4, -0.2) is 21.7 Å². The van der Waals surface area contributed by atoms with E-state index in [4.69, 9.17) is 11.5 Å². The molecule has 1 aromatic rings. The molecule has 4 N–H and O–H groups in total. The summed E-state index contributed by atoms with van der Waals surface area (Å²) in [7, 11) is 0. The van der Waals surface area contributed by atoms with Crippen molar-refractivity contribution in [1.82, 2.24) is 4.98 Å². The van der Waals surface area contributed by atoms with Gasteiger partial charge in [-0.15, -0.1) is 0 Å². The van der Waals surface area contributed by atoms with E-state index in [1.807, 2.05) is 6.92 Å². The third-order valence-corrected chi connectivity index (χ3v) is 1.76. The molecule has 0 aromatic carbocycles. The lowest BCUT2D eigenvalue weighted by Gasteiger charge is -1.95. The lowest BCUT2D eigenvalue weighted by Crippen LogP contribution is -2.13. The monoisotopic (exact) mass is 254 g/mol. The molecule has 0 aliphatic carbocycles. The molecule has 0 aliphatic heterocycles. The molecule has 0 saturated heterocycles. The van der Waals surface area contributed by atoms with E-state index in [9.17, 15) is 19.7 Å². The summed E-state index contributed by atoms with van der Waals surface area (Å²) in [6.45, 7) is 1.92. The van der Waals surface area contributed by atoms with Gasteiger partial charge < -0.3 is 11.5 Å². The third kappa shape index (κ3) is 5.54. The van der Waals surface area contributed by atoms with E-state index in [0.29, 0.717) is 6.42 Å². The lowest BCUT2D eigenvalue weighted by molar-refractivity contribution is -0.385. The predicted octanol–water partition coefficient (Wildman–Crippen LogP) is 0.360. The number of pyridine rings is 1. The number of nitro groups is 1. The Bertz CT molecular complexity index is 414. The maximum absolute atomic E-state index is 10.6. The number of rotatable bonds is 4. The standard InChI is InChI=1S/C6H5N3O3.C4H9NO/c7-6(10)4-1-2-8-3-5(4)9(11)12;1-2-3-4(5)6/h1-3H,(H2,7,10);2-3H2,1H3,(H2,5,6). The van der Waals surface area contributed by atoms with Crippen LogP contribution in [0.2, 0.25) is 0 Å². The predicted molar refractivity (Wildman–Crippen MR) is 63.5 cm³/mol. The van der Waals surface area contributed by atoms with Gasteiger partial charge in [0.1, 0.15) is 11.8 Å². The molecule has 18 heavy (non-hydrogen) atoms. The van der Waals surface area contributed by atoms with Crippen molar-refractivity contribution >= 4 is 17.5 Å². The molecule has 1 rings (SSSR count). The van der Waals surface area contributed by atoms with Gasteiger partial charge in [0.25, 0.3) is 11.6 Å². The molecule has 8 nitrogen and oxygen atoms in total. The molecular formula is C10H14N4O4. The van der Waals surface area contributed by atoms with Crippen molar-refractivity contribution in [2.45, 2.75) is 19.8 Å². The molecular weight excluding hydrogens is 240 g/mol. The first-order valence-corrected chi connectivity index (χ1v) is 5.06. The normalized spacial score (nSPS) is 8.94. The highest BCUT2D eigenvalue weighted by atomic mass is 16.6. The molecule has 0 aliphatic rings. The summed E-state index contributed by atoms with van der Waals surface area (Å²) in [6, 6.07) is 1.21. The average Bonchev–Trinajstić information content (AvgIpc) is 2.29. The van der Waals surface area contributed by atoms with Gasteiger partial charge in [0, 0.05) is 12.6 Å². The molecule has 0 atom stereocenters. The van der Waals surface area contributed by atoms with Crippen LogP contribution in [0.4, 0.5) is 5.69 Å². The van der Waals surface area contributed by atoms with Gasteiger partial charge in [-0.05, 0) is 12.5 Å². The number of hydrogen-bond donors (Lipinski definition) is 2. The van der Waals surface area contributed by atoms with E-state index >= 15 is 0 Å². The zero-order valence-electron chi connectivity index (χ0n) is 9.83. The van der Waals surface area contributed by atoms with Crippen LogP contribution in [0, 0.1) is 10.1 Å². The minimum atomic E-state index is -0.830. The van der Waals surface area contributed by atoms with Gasteiger partial charge in [-0.2, -0.15) is 0 Å². The van der Waals surface area contributed by atoms with Gasteiger partial charge in [-0.25, -0.2) is 0 Å². The second kappa shape index (κ2) is 7.71. The zero-order chi connectivity index (χ0) is 14.1. The molecule has 1 heterocycles. The van der Waals surface area contributed by atoms with Crippen molar-refractivity contribution < 1.29 is 14.5 Å². The third-order valence-electron chi connectivity index (χ3n) is 1.76. The Balaban J connectivity index is 0.000000411. The van der Waals surface area contributed by atoms with Gasteiger partial charge in [0.2, 0.25) is 5.91 Å². The van der Waals surface area contributed by atoms with E-state index in [-0.39, 0.29) is 17.2 Å². The molecule has 0 bridgehead atoms. The smallest absolute Gasteiger partial charge is 0.300 e. The molecule has 98 valence electrons. The van der Waals surface area contributed by atoms with Crippen LogP contribution in [0.5, 0.6) is 0 Å². The Labute approximate surface area is 103 Å². The van der Waals surface area contributed by atoms with Gasteiger partial charge in [-0.3, -0.25) is 24.7 Å². The number of aromatic nitrogens is 1. The number of hydrogen-bond acceptors (Lipinski definition) is 5. The van der Waals surface area contributed by atoms with Gasteiger partial charge >= 0.3 is 0 Å². The molecule has 0 unspecified atom stereocenters. The van der Waals surface area contributed by atoms with Crippen molar-refractivity contribution in [3.05, 3.63) is 34.1 Å². The van der Waals surface area contributed by atoms with E-state index < -0.39 is 10.8 Å². The van der Waals surface area contributed by atoms with Crippen LogP contribution in [0.3, 0.4) is 0 Å². The highest BCUT2D eigenvalue weighted by Crippen LogP contribution is 2.14. The topological polar surface area (TPSA) is 142 Å². The number of carbonyl (C=O) groups is 2. The Morgan fingerprint density at radius 2 is 2.06 bits per heavy atom. The fourth-order valence-electron chi connectivity index (χ4n) is 0.986. The summed E-state index contributed by atoms with van der Waals surface area (Å²) in [5.41, 5.74) is 9.15. The second-order valence-corrected chi connectivity index (χ2v) is 3.23. The molecule has 8 heteroatoms. The number of primary amides is 2. The van der Waals surface area contributed by atoms with Crippen molar-refractivity contribution in [2.24, 2.45) is 11.5 Å². The highest BCUT2D eigenvalue weighted by Gasteiger charge is 2.16. The average molecular weight is 254 g/mol. The van der Waals surface area contributed by atoms with Crippen molar-refractivity contribution in [3.8, 4) is 0 Å². The molecule has 0 fully saturated rings. The van der Waals surface area contributed by atoms with Crippen molar-refractivity contribution in [2.75, 3.05) is 0 Å². The number of nitrogens with zero attached hydrogens (tertiary/aromatic N) is 2. The summed E-state index contributed by atoms with van der Waals surface area (Å²) >= 11 is 0. The summed E-state index contributed by atoms with van der Waals surface area (Å²) in [6.07, 6.45) is 3.63. The number of carbonyl (C=O) groups excluding carboxylic acids is 2. The fourth-order valence-corrected chi connectivity index (χ4v) is 0.986. The molecule has 0 spiro atoms. The second-order valence-electron chi connectivity index (χ2n) is 3.23. The molecule has 0 saturated carbocycles. The van der Waals surface area contributed by atoms with Gasteiger partial charge in [0.15, 0.2) is 0 Å². The van der Waals surface area contributed by atoms with Crippen LogP contribution < -0.4 is 11.5 Å². The Morgan fingerprint density at radius 3 is 2.33 bits per heavy atom. The summed E-state index contributed by atoms with van der Waals surface area (Å²) < 4.78 is 0. The van der Waals surface area contributed by atoms with E-state index in [1.54, 1.807) is 0 Å². The molecule has 2 amide bonds. The summed E-state index contributed by atoms with van der Waals surface area (Å²) in [5.74, 6) is -1.04. The Morgan fingerprint density at radius 1 is 1.44 bits per heavy atom. The first kappa shape index (κ1) is 15.5. The van der Waals surface area contributed by atoms with Gasteiger partial charge in [0.05, 0.1) is 4.92 Å². The van der Waals surface area contributed by atoms with Crippen LogP contribution in [0.1, 0.15) is 30.1 Å². The quantitative estimate of drug-likeness (QED) is 0.589. The highest BCUT2D eigenvalue weighted by molar-refractivity contribution is 5.96. The van der Waals surface area contributed by atoms with E-state index in [2.05, 4.69) is 4.98 Å². The Kier molecular flexibility index (Phi) is 6.64. The number of nitrogens with two attached hydrogens (primary N) is 2. The maximum Gasteiger partial charge on any atom is 0.300 e. The van der Waals surface area contributed by atoms with Crippen LogP contribution in [-0.2, 0) is 4.79 Å². The zero-order valence-corrected chi connectivity index (χ0v) is 9.83. The van der Waals surface area contributed by atoms with E-state index in [1.165, 1.54) is 12.3 Å². The van der Waals surface area contributed by atoms with Crippen LogP contribution in [0.25, 0.3) is 0 Å². The summed E-state index contributed by atoms with van der Waals surface area (Å²) in [5, 5.41) is 10.3. The van der Waals surface area contributed by atoms with E-state index in [0.717, 1.165) is 12.6 Å². The summed E-state index contributed by atoms with van der Waals surface area (Å²) in [4.78, 5) is 33.5. The van der Waals surface area contributed by atoms with Crippen LogP contribution >= 0.6 is 0 Å². The fraction of sp³-hybridized carbons (Fsp3) is 0.300. The van der Waals surface area contributed by atoms with Crippen LogP contribution in [0.15, 0.2) is 18.5 Å².